The lowest BCUT2D eigenvalue weighted by Gasteiger charge is -2.42. The van der Waals surface area contributed by atoms with Crippen molar-refractivity contribution in [2.24, 2.45) is 5.92 Å². The summed E-state index contributed by atoms with van der Waals surface area (Å²) in [4.78, 5) is 14.5. The number of nitrogens with one attached hydrogen (secondary N) is 1. The first-order valence-electron chi connectivity index (χ1n) is 8.24. The van der Waals surface area contributed by atoms with Crippen LogP contribution in [0, 0.1) is 5.92 Å². The molecule has 0 aromatic heterocycles. The van der Waals surface area contributed by atoms with Gasteiger partial charge in [0.25, 0.3) is 0 Å². The van der Waals surface area contributed by atoms with Crippen molar-refractivity contribution >= 4 is 5.91 Å². The van der Waals surface area contributed by atoms with Gasteiger partial charge in [-0.05, 0) is 44.9 Å². The van der Waals surface area contributed by atoms with Crippen LogP contribution in [0.15, 0.2) is 0 Å². The van der Waals surface area contributed by atoms with Gasteiger partial charge in [-0.25, -0.2) is 0 Å². The molecule has 2 aliphatic rings. The molecule has 0 aromatic rings. The molecule has 1 amide bonds. The van der Waals surface area contributed by atoms with Crippen molar-refractivity contribution in [2.75, 3.05) is 19.7 Å². The minimum absolute atomic E-state index is 0.134. The van der Waals surface area contributed by atoms with Gasteiger partial charge in [-0.3, -0.25) is 10.1 Å². The number of carbonyl (C=O) groups is 1. The van der Waals surface area contributed by atoms with Gasteiger partial charge < -0.3 is 10.0 Å². The van der Waals surface area contributed by atoms with Crippen LogP contribution >= 0.6 is 0 Å². The van der Waals surface area contributed by atoms with Crippen LogP contribution in [0.4, 0.5) is 0 Å². The highest BCUT2D eigenvalue weighted by Crippen LogP contribution is 2.32. The van der Waals surface area contributed by atoms with Gasteiger partial charge in [-0.2, -0.15) is 0 Å². The van der Waals surface area contributed by atoms with E-state index in [0.717, 1.165) is 45.2 Å². The Morgan fingerprint density at radius 2 is 2.05 bits per heavy atom. The maximum absolute atomic E-state index is 12.5. The zero-order chi connectivity index (χ0) is 14.6. The standard InChI is InChI=1S/C16H30N2O2/c1-13-7-6-8-16(11-13,12-19)17-14(2)15(20)18-9-4-3-5-10-18/h13-14,17,19H,3-12H2,1-2H3. The van der Waals surface area contributed by atoms with E-state index in [9.17, 15) is 9.90 Å². The molecule has 116 valence electrons. The van der Waals surface area contributed by atoms with E-state index in [0.29, 0.717) is 5.92 Å². The molecule has 1 heterocycles. The zero-order valence-corrected chi connectivity index (χ0v) is 13.0. The lowest BCUT2D eigenvalue weighted by molar-refractivity contribution is -0.134. The number of carbonyl (C=O) groups excluding carboxylic acids is 1. The van der Waals surface area contributed by atoms with Gasteiger partial charge in [-0.1, -0.05) is 19.8 Å². The summed E-state index contributed by atoms with van der Waals surface area (Å²) in [7, 11) is 0. The predicted molar refractivity (Wildman–Crippen MR) is 80.5 cm³/mol. The Bertz CT molecular complexity index is 328. The molecule has 0 radical (unpaired) electrons. The molecule has 1 saturated heterocycles. The van der Waals surface area contributed by atoms with Gasteiger partial charge in [0.2, 0.25) is 5.91 Å². The van der Waals surface area contributed by atoms with E-state index in [1.54, 1.807) is 0 Å². The number of aliphatic hydroxyl groups is 1. The van der Waals surface area contributed by atoms with Gasteiger partial charge in [0, 0.05) is 18.6 Å². The first kappa shape index (κ1) is 15.8. The Labute approximate surface area is 122 Å². The average molecular weight is 282 g/mol. The van der Waals surface area contributed by atoms with Crippen molar-refractivity contribution in [3.63, 3.8) is 0 Å². The third kappa shape index (κ3) is 3.73. The zero-order valence-electron chi connectivity index (χ0n) is 13.0. The second-order valence-corrected chi connectivity index (χ2v) is 6.89. The smallest absolute Gasteiger partial charge is 0.239 e. The fraction of sp³-hybridized carbons (Fsp3) is 0.938. The fourth-order valence-corrected chi connectivity index (χ4v) is 3.89. The maximum Gasteiger partial charge on any atom is 0.239 e. The largest absolute Gasteiger partial charge is 0.394 e. The second kappa shape index (κ2) is 6.90. The van der Waals surface area contributed by atoms with Gasteiger partial charge in [0.15, 0.2) is 0 Å². The van der Waals surface area contributed by atoms with Crippen molar-refractivity contribution in [3.05, 3.63) is 0 Å². The fourth-order valence-electron chi connectivity index (χ4n) is 3.89. The average Bonchev–Trinajstić information content (AvgIpc) is 2.47. The van der Waals surface area contributed by atoms with Crippen LogP contribution in [0.2, 0.25) is 0 Å². The minimum Gasteiger partial charge on any atom is -0.394 e. The summed E-state index contributed by atoms with van der Waals surface area (Å²) in [5, 5.41) is 13.3. The third-order valence-electron chi connectivity index (χ3n) is 4.95. The summed E-state index contributed by atoms with van der Waals surface area (Å²) >= 11 is 0. The van der Waals surface area contributed by atoms with Crippen LogP contribution in [0.3, 0.4) is 0 Å². The summed E-state index contributed by atoms with van der Waals surface area (Å²) < 4.78 is 0. The number of piperidine rings is 1. The Balaban J connectivity index is 1.94. The van der Waals surface area contributed by atoms with Crippen molar-refractivity contribution in [2.45, 2.75) is 70.4 Å². The van der Waals surface area contributed by atoms with Gasteiger partial charge in [0.1, 0.15) is 0 Å². The molecule has 1 aliphatic heterocycles. The first-order chi connectivity index (χ1) is 9.56. The molecular formula is C16H30N2O2. The van der Waals surface area contributed by atoms with Crippen LogP contribution in [-0.4, -0.2) is 47.2 Å². The third-order valence-corrected chi connectivity index (χ3v) is 4.95. The van der Waals surface area contributed by atoms with Gasteiger partial charge >= 0.3 is 0 Å². The summed E-state index contributed by atoms with van der Waals surface area (Å²) in [6, 6.07) is -0.189. The number of aliphatic hydroxyl groups excluding tert-OH is 1. The van der Waals surface area contributed by atoms with E-state index in [1.165, 1.54) is 12.8 Å². The highest BCUT2D eigenvalue weighted by Gasteiger charge is 2.37. The van der Waals surface area contributed by atoms with Gasteiger partial charge in [-0.15, -0.1) is 0 Å². The molecular weight excluding hydrogens is 252 g/mol. The normalized spacial score (nSPS) is 33.0. The number of hydrogen-bond donors (Lipinski definition) is 2. The van der Waals surface area contributed by atoms with E-state index >= 15 is 0 Å². The van der Waals surface area contributed by atoms with E-state index in [2.05, 4.69) is 12.2 Å². The maximum atomic E-state index is 12.5. The molecule has 2 fully saturated rings. The number of rotatable bonds is 4. The highest BCUT2D eigenvalue weighted by molar-refractivity contribution is 5.81. The number of nitrogens with zero attached hydrogens (tertiary/aromatic N) is 1. The molecule has 20 heavy (non-hydrogen) atoms. The monoisotopic (exact) mass is 282 g/mol. The topological polar surface area (TPSA) is 52.6 Å². The summed E-state index contributed by atoms with van der Waals surface area (Å²) in [6.07, 6.45) is 7.81. The van der Waals surface area contributed by atoms with E-state index in [1.807, 2.05) is 11.8 Å². The number of amides is 1. The van der Waals surface area contributed by atoms with Crippen molar-refractivity contribution in [1.29, 1.82) is 0 Å². The van der Waals surface area contributed by atoms with Crippen LogP contribution in [0.25, 0.3) is 0 Å². The Kier molecular flexibility index (Phi) is 5.44. The molecule has 2 N–H and O–H groups in total. The lowest BCUT2D eigenvalue weighted by Crippen LogP contribution is -2.59. The van der Waals surface area contributed by atoms with Crippen molar-refractivity contribution in [3.8, 4) is 0 Å². The molecule has 4 nitrogen and oxygen atoms in total. The van der Waals surface area contributed by atoms with Crippen LogP contribution in [-0.2, 0) is 4.79 Å². The number of likely N-dealkylation sites (tertiary alicyclic amines) is 1. The molecule has 4 heteroatoms. The highest BCUT2D eigenvalue weighted by atomic mass is 16.3. The van der Waals surface area contributed by atoms with Crippen LogP contribution < -0.4 is 5.32 Å². The molecule has 0 aromatic carbocycles. The molecule has 1 saturated carbocycles. The van der Waals surface area contributed by atoms with Crippen molar-refractivity contribution in [1.82, 2.24) is 10.2 Å². The Morgan fingerprint density at radius 3 is 2.65 bits per heavy atom. The van der Waals surface area contributed by atoms with E-state index < -0.39 is 0 Å². The van der Waals surface area contributed by atoms with Crippen LogP contribution in [0.5, 0.6) is 0 Å². The van der Waals surface area contributed by atoms with Crippen molar-refractivity contribution < 1.29 is 9.90 Å². The molecule has 0 bridgehead atoms. The van der Waals surface area contributed by atoms with Gasteiger partial charge in [0.05, 0.1) is 12.6 Å². The number of hydrogen-bond acceptors (Lipinski definition) is 3. The van der Waals surface area contributed by atoms with E-state index in [-0.39, 0.29) is 24.1 Å². The Hall–Kier alpha value is -0.610. The molecule has 3 atom stereocenters. The molecule has 3 unspecified atom stereocenters. The Morgan fingerprint density at radius 1 is 1.35 bits per heavy atom. The quantitative estimate of drug-likeness (QED) is 0.828. The second-order valence-electron chi connectivity index (χ2n) is 6.89. The lowest BCUT2D eigenvalue weighted by atomic mass is 9.76. The summed E-state index contributed by atoms with van der Waals surface area (Å²) in [5.74, 6) is 0.830. The SMILES string of the molecule is CC1CCCC(CO)(NC(C)C(=O)N2CCCCC2)C1. The molecule has 1 aliphatic carbocycles. The van der Waals surface area contributed by atoms with E-state index in [4.69, 9.17) is 0 Å². The van der Waals surface area contributed by atoms with Crippen LogP contribution in [0.1, 0.15) is 58.8 Å². The predicted octanol–water partition coefficient (Wildman–Crippen LogP) is 1.92. The minimum atomic E-state index is -0.247. The molecule has 2 rings (SSSR count). The summed E-state index contributed by atoms with van der Waals surface area (Å²) in [6.45, 7) is 6.12. The first-order valence-corrected chi connectivity index (χ1v) is 8.24. The summed E-state index contributed by atoms with van der Waals surface area (Å²) in [5.41, 5.74) is -0.247. The molecule has 0 spiro atoms.